The third-order valence-corrected chi connectivity index (χ3v) is 13.6. The van der Waals surface area contributed by atoms with Gasteiger partial charge in [-0.1, -0.05) is 237 Å². The molecule has 0 aliphatic rings. The summed E-state index contributed by atoms with van der Waals surface area (Å²) in [5, 5.41) is 0. The lowest BCUT2D eigenvalue weighted by molar-refractivity contribution is -0.870. The molecule has 0 spiro atoms. The molecule has 2 unspecified atom stereocenters. The Morgan fingerprint density at radius 3 is 1.09 bits per heavy atom. The van der Waals surface area contributed by atoms with Crippen molar-refractivity contribution < 1.29 is 42.1 Å². The van der Waals surface area contributed by atoms with Gasteiger partial charge in [0.05, 0.1) is 27.7 Å². The van der Waals surface area contributed by atoms with Crippen LogP contribution in [0.2, 0.25) is 0 Å². The van der Waals surface area contributed by atoms with Crippen LogP contribution >= 0.6 is 7.82 Å². The van der Waals surface area contributed by atoms with Crippen LogP contribution in [-0.4, -0.2) is 74.9 Å². The van der Waals surface area contributed by atoms with E-state index in [0.717, 1.165) is 122 Å². The Labute approximate surface area is 479 Å². The fourth-order valence-corrected chi connectivity index (χ4v) is 8.66. The molecule has 0 aliphatic carbocycles. The number of carbonyl (C=O) groups is 2. The summed E-state index contributed by atoms with van der Waals surface area (Å²) in [4.78, 5) is 35.7. The largest absolute Gasteiger partial charge is 0.472 e. The van der Waals surface area contributed by atoms with Crippen molar-refractivity contribution in [1.29, 1.82) is 0 Å². The van der Waals surface area contributed by atoms with E-state index in [4.69, 9.17) is 18.5 Å². The number of carbonyl (C=O) groups excluding carboxylic acids is 2. The van der Waals surface area contributed by atoms with E-state index in [-0.39, 0.29) is 32.0 Å². The predicted octanol–water partition coefficient (Wildman–Crippen LogP) is 19.7. The second-order valence-electron chi connectivity index (χ2n) is 21.4. The van der Waals surface area contributed by atoms with Gasteiger partial charge in [-0.25, -0.2) is 4.57 Å². The van der Waals surface area contributed by atoms with Crippen molar-refractivity contribution in [3.05, 3.63) is 134 Å². The monoisotopic (exact) mass is 1100 g/mol. The molecule has 2 atom stereocenters. The molecule has 0 saturated carbocycles. The van der Waals surface area contributed by atoms with Crippen LogP contribution in [0, 0.1) is 0 Å². The minimum atomic E-state index is -4.40. The first-order valence-electron chi connectivity index (χ1n) is 30.9. The number of hydrogen-bond donors (Lipinski definition) is 1. The average molecular weight is 1110 g/mol. The molecule has 0 rings (SSSR count). The predicted molar refractivity (Wildman–Crippen MR) is 334 cm³/mol. The molecule has 0 bridgehead atoms. The first-order chi connectivity index (χ1) is 38.0. The van der Waals surface area contributed by atoms with E-state index >= 15 is 0 Å². The number of unbranched alkanes of at least 4 members (excludes halogenated alkanes) is 19. The molecule has 0 aromatic carbocycles. The number of esters is 2. The summed E-state index contributed by atoms with van der Waals surface area (Å²) in [6.07, 6.45) is 83.8. The van der Waals surface area contributed by atoms with E-state index in [1.165, 1.54) is 77.0 Å². The number of rotatable bonds is 55. The molecule has 0 aromatic heterocycles. The maximum atomic E-state index is 12.8. The summed E-state index contributed by atoms with van der Waals surface area (Å²) in [5.74, 6) is -0.820. The molecular formula is C68H115NO8P+. The van der Waals surface area contributed by atoms with E-state index < -0.39 is 26.5 Å². The van der Waals surface area contributed by atoms with Crippen molar-refractivity contribution in [3.8, 4) is 0 Å². The standard InChI is InChI=1S/C68H114NO8P/c1-6-8-10-12-14-16-18-20-22-24-25-26-27-28-29-30-31-32-33-34-35-36-37-38-39-40-41-42-43-45-47-49-51-53-55-57-59-61-68(71)77-66(65-76-78(72,73)75-63-62-69(3,4)5)64-74-67(70)60-58-56-54-52-50-48-46-44-23-21-19-17-15-13-11-9-7-2/h8,10,14-17,20-23,25-26,28-29,31-32,34-35,37-38,40-41,66H,6-7,9,11-13,18-19,24,27,30,33,36,39,42-65H2,1-5H3/p+1/b10-8-,16-14-,17-15-,22-20-,23-21-,26-25-,29-28-,32-31-,35-34-,38-37-,41-40-. The highest BCUT2D eigenvalue weighted by atomic mass is 31.2. The first kappa shape index (κ1) is 74.2. The molecule has 10 heteroatoms. The summed E-state index contributed by atoms with van der Waals surface area (Å²) in [6, 6.07) is 0. The van der Waals surface area contributed by atoms with Crippen LogP contribution in [0.1, 0.15) is 232 Å². The van der Waals surface area contributed by atoms with Gasteiger partial charge < -0.3 is 18.9 Å². The summed E-state index contributed by atoms with van der Waals surface area (Å²) in [6.45, 7) is 4.27. The fourth-order valence-electron chi connectivity index (χ4n) is 7.92. The highest BCUT2D eigenvalue weighted by molar-refractivity contribution is 7.47. The van der Waals surface area contributed by atoms with Crippen LogP contribution in [0.25, 0.3) is 0 Å². The van der Waals surface area contributed by atoms with Gasteiger partial charge in [0.25, 0.3) is 0 Å². The number of phosphoric ester groups is 1. The Morgan fingerprint density at radius 1 is 0.410 bits per heavy atom. The van der Waals surface area contributed by atoms with Gasteiger partial charge in [-0.15, -0.1) is 0 Å². The van der Waals surface area contributed by atoms with Crippen molar-refractivity contribution in [2.45, 2.75) is 238 Å². The Morgan fingerprint density at radius 2 is 0.731 bits per heavy atom. The first-order valence-corrected chi connectivity index (χ1v) is 32.4. The van der Waals surface area contributed by atoms with Gasteiger partial charge in [-0.3, -0.25) is 18.6 Å². The SMILES string of the molecule is CC/C=C\C/C=C\C/C=C\C/C=C\C/C=C\C/C=C\C/C=C\C/C=C\C/C=C\CCCCCCCCCCCC(=O)OC(COC(=O)CCCCCCCCC/C=C\C/C=C\CCCCC)COP(=O)(O)OCC[N+](C)(C)C. The Balaban J connectivity index is 4.15. The molecule has 0 heterocycles. The zero-order valence-corrected chi connectivity index (χ0v) is 51.2. The zero-order valence-electron chi connectivity index (χ0n) is 50.3. The summed E-state index contributed by atoms with van der Waals surface area (Å²) >= 11 is 0. The second kappa shape index (κ2) is 57.8. The summed E-state index contributed by atoms with van der Waals surface area (Å²) < 4.78 is 34.6. The van der Waals surface area contributed by atoms with E-state index in [0.29, 0.717) is 17.4 Å². The number of nitrogens with zero attached hydrogens (tertiary/aromatic N) is 1. The minimum absolute atomic E-state index is 0.0227. The molecule has 0 aliphatic heterocycles. The van der Waals surface area contributed by atoms with Crippen molar-refractivity contribution in [2.24, 2.45) is 0 Å². The Kier molecular flexibility index (Phi) is 55.0. The fraction of sp³-hybridized carbons (Fsp3) is 0.647. The molecule has 78 heavy (non-hydrogen) atoms. The van der Waals surface area contributed by atoms with Crippen molar-refractivity contribution >= 4 is 19.8 Å². The molecule has 1 N–H and O–H groups in total. The third-order valence-electron chi connectivity index (χ3n) is 12.7. The quantitative estimate of drug-likeness (QED) is 0.0211. The number of likely N-dealkylation sites (N-methyl/N-ethyl adjacent to an activating group) is 1. The molecule has 444 valence electrons. The second-order valence-corrected chi connectivity index (χ2v) is 22.8. The summed E-state index contributed by atoms with van der Waals surface area (Å²) in [5.41, 5.74) is 0. The number of phosphoric acid groups is 1. The van der Waals surface area contributed by atoms with Crippen LogP contribution in [-0.2, 0) is 32.7 Å². The van der Waals surface area contributed by atoms with E-state index in [1.807, 2.05) is 21.1 Å². The lowest BCUT2D eigenvalue weighted by Crippen LogP contribution is -2.37. The van der Waals surface area contributed by atoms with Crippen LogP contribution in [0.5, 0.6) is 0 Å². The lowest BCUT2D eigenvalue weighted by atomic mass is 10.1. The maximum absolute atomic E-state index is 12.8. The molecule has 0 fully saturated rings. The van der Waals surface area contributed by atoms with Gasteiger partial charge in [0.15, 0.2) is 6.10 Å². The molecule has 0 amide bonds. The van der Waals surface area contributed by atoms with E-state index in [9.17, 15) is 19.0 Å². The number of quaternary nitrogens is 1. The zero-order chi connectivity index (χ0) is 57.0. The molecule has 0 saturated heterocycles. The topological polar surface area (TPSA) is 108 Å². The average Bonchev–Trinajstić information content (AvgIpc) is 3.41. The van der Waals surface area contributed by atoms with E-state index in [2.05, 4.69) is 148 Å². The van der Waals surface area contributed by atoms with Gasteiger partial charge in [0.2, 0.25) is 0 Å². The third kappa shape index (κ3) is 61.4. The highest BCUT2D eigenvalue weighted by Crippen LogP contribution is 2.43. The number of allylic oxidation sites excluding steroid dienone is 22. The normalized spacial score (nSPS) is 14.2. The van der Waals surface area contributed by atoms with Crippen molar-refractivity contribution in [1.82, 2.24) is 0 Å². The maximum Gasteiger partial charge on any atom is 0.472 e. The molecular weight excluding hydrogens is 990 g/mol. The molecule has 9 nitrogen and oxygen atoms in total. The van der Waals surface area contributed by atoms with Crippen molar-refractivity contribution in [2.75, 3.05) is 47.5 Å². The lowest BCUT2D eigenvalue weighted by Gasteiger charge is -2.24. The van der Waals surface area contributed by atoms with Crippen LogP contribution in [0.15, 0.2) is 134 Å². The number of ether oxygens (including phenoxy) is 2. The smallest absolute Gasteiger partial charge is 0.462 e. The molecule has 0 radical (unpaired) electrons. The van der Waals surface area contributed by atoms with Gasteiger partial charge in [0, 0.05) is 12.8 Å². The van der Waals surface area contributed by atoms with E-state index in [1.54, 1.807) is 0 Å². The van der Waals surface area contributed by atoms with Gasteiger partial charge in [0.1, 0.15) is 19.8 Å². The minimum Gasteiger partial charge on any atom is -0.462 e. The van der Waals surface area contributed by atoms with Crippen LogP contribution in [0.3, 0.4) is 0 Å². The van der Waals surface area contributed by atoms with Gasteiger partial charge in [-0.2, -0.15) is 0 Å². The number of hydrogen-bond acceptors (Lipinski definition) is 7. The van der Waals surface area contributed by atoms with Crippen LogP contribution < -0.4 is 0 Å². The van der Waals surface area contributed by atoms with Gasteiger partial charge in [-0.05, 0) is 116 Å². The molecule has 0 aromatic rings. The summed E-state index contributed by atoms with van der Waals surface area (Å²) in [7, 11) is 1.45. The Bertz CT molecular complexity index is 1780. The Hall–Kier alpha value is -3.85. The highest BCUT2D eigenvalue weighted by Gasteiger charge is 2.27. The van der Waals surface area contributed by atoms with Gasteiger partial charge >= 0.3 is 19.8 Å². The van der Waals surface area contributed by atoms with Crippen LogP contribution in [0.4, 0.5) is 0 Å². The van der Waals surface area contributed by atoms with Crippen molar-refractivity contribution in [3.63, 3.8) is 0 Å².